The van der Waals surface area contributed by atoms with Crippen LogP contribution < -0.4 is 18.9 Å². The maximum atomic E-state index is 5.93. The average molecular weight is 498 g/mol. The minimum atomic E-state index is 0.530. The fourth-order valence-corrected chi connectivity index (χ4v) is 4.70. The number of benzene rings is 3. The molecule has 0 amide bonds. The molecule has 0 saturated carbocycles. The van der Waals surface area contributed by atoms with E-state index in [1.165, 1.54) is 0 Å². The zero-order valence-electron chi connectivity index (χ0n) is 21.9. The standard InChI is InChI=1S/C30H31N3O4/c1-6-23-28-21-17-25(34-4)26(35-5)18-22(21)29(19-14-15-24(36-7-2)27(16-19)37-8-3)31-30(28)33(32-23)20-12-10-9-11-13-20/h9-18H,6-8H2,1-5H3. The molecule has 5 rings (SSSR count). The first-order valence-corrected chi connectivity index (χ1v) is 12.6. The number of para-hydroxylation sites is 1. The molecule has 0 unspecified atom stereocenters. The van der Waals surface area contributed by atoms with Crippen molar-refractivity contribution < 1.29 is 18.9 Å². The Bertz CT molecular complexity index is 1560. The van der Waals surface area contributed by atoms with Gasteiger partial charge in [0.05, 0.1) is 49.9 Å². The molecule has 0 fully saturated rings. The second-order valence-electron chi connectivity index (χ2n) is 8.49. The van der Waals surface area contributed by atoms with E-state index in [4.69, 9.17) is 29.0 Å². The first-order valence-electron chi connectivity index (χ1n) is 12.6. The number of fused-ring (bicyclic) bond motifs is 3. The van der Waals surface area contributed by atoms with Crippen molar-refractivity contribution >= 4 is 21.8 Å². The molecule has 0 aliphatic rings. The predicted molar refractivity (Wildman–Crippen MR) is 147 cm³/mol. The number of methoxy groups -OCH3 is 2. The molecule has 0 bridgehead atoms. The third kappa shape index (κ3) is 4.31. The van der Waals surface area contributed by atoms with Crippen LogP contribution in [0, 0.1) is 0 Å². The van der Waals surface area contributed by atoms with E-state index >= 15 is 0 Å². The first kappa shape index (κ1) is 24.4. The fourth-order valence-electron chi connectivity index (χ4n) is 4.70. The zero-order chi connectivity index (χ0) is 25.9. The maximum absolute atomic E-state index is 5.93. The molecule has 7 heteroatoms. The van der Waals surface area contributed by atoms with Crippen LogP contribution in [0.5, 0.6) is 23.0 Å². The van der Waals surface area contributed by atoms with Crippen LogP contribution in [-0.4, -0.2) is 42.2 Å². The molecule has 0 N–H and O–H groups in total. The smallest absolute Gasteiger partial charge is 0.164 e. The summed E-state index contributed by atoms with van der Waals surface area (Å²) in [5.41, 5.74) is 4.41. The van der Waals surface area contributed by atoms with Crippen LogP contribution in [-0.2, 0) is 6.42 Å². The number of aromatic nitrogens is 3. The SMILES string of the molecule is CCOc1ccc(-c2nc3c(c(CC)nn3-c3ccccc3)c3cc(OC)c(OC)cc23)cc1OCC. The van der Waals surface area contributed by atoms with Gasteiger partial charge in [-0.25, -0.2) is 9.67 Å². The highest BCUT2D eigenvalue weighted by Crippen LogP contribution is 2.42. The lowest BCUT2D eigenvalue weighted by Crippen LogP contribution is -2.01. The molecule has 5 aromatic rings. The van der Waals surface area contributed by atoms with Crippen molar-refractivity contribution in [2.45, 2.75) is 27.2 Å². The second kappa shape index (κ2) is 10.4. The van der Waals surface area contributed by atoms with E-state index < -0.39 is 0 Å². The molecule has 0 radical (unpaired) electrons. The van der Waals surface area contributed by atoms with E-state index in [0.29, 0.717) is 36.2 Å². The largest absolute Gasteiger partial charge is 0.493 e. The van der Waals surface area contributed by atoms with Gasteiger partial charge in [0.1, 0.15) is 0 Å². The summed E-state index contributed by atoms with van der Waals surface area (Å²) < 4.78 is 25.0. The molecular formula is C30H31N3O4. The predicted octanol–water partition coefficient (Wildman–Crippen LogP) is 6.62. The lowest BCUT2D eigenvalue weighted by atomic mass is 9.99. The number of ether oxygens (including phenoxy) is 4. The van der Waals surface area contributed by atoms with E-state index in [-0.39, 0.29) is 0 Å². The Balaban J connectivity index is 1.89. The van der Waals surface area contributed by atoms with Crippen molar-refractivity contribution in [3.63, 3.8) is 0 Å². The third-order valence-corrected chi connectivity index (χ3v) is 6.35. The van der Waals surface area contributed by atoms with E-state index in [0.717, 1.165) is 50.9 Å². The molecule has 0 saturated heterocycles. The summed E-state index contributed by atoms with van der Waals surface area (Å²) in [6.45, 7) is 7.12. The lowest BCUT2D eigenvalue weighted by Gasteiger charge is -2.16. The molecule has 190 valence electrons. The summed E-state index contributed by atoms with van der Waals surface area (Å²) in [5, 5.41) is 7.93. The monoisotopic (exact) mass is 497 g/mol. The van der Waals surface area contributed by atoms with Gasteiger partial charge < -0.3 is 18.9 Å². The number of hydrogen-bond acceptors (Lipinski definition) is 6. The van der Waals surface area contributed by atoms with Gasteiger partial charge in [-0.05, 0) is 62.7 Å². The van der Waals surface area contributed by atoms with Crippen LogP contribution in [0.15, 0.2) is 60.7 Å². The first-order chi connectivity index (χ1) is 18.1. The van der Waals surface area contributed by atoms with Gasteiger partial charge in [0, 0.05) is 16.3 Å². The van der Waals surface area contributed by atoms with Crippen molar-refractivity contribution in [2.75, 3.05) is 27.4 Å². The van der Waals surface area contributed by atoms with Gasteiger partial charge in [-0.2, -0.15) is 5.10 Å². The van der Waals surface area contributed by atoms with E-state index in [1.54, 1.807) is 14.2 Å². The average Bonchev–Trinajstić information content (AvgIpc) is 3.32. The second-order valence-corrected chi connectivity index (χ2v) is 8.49. The van der Waals surface area contributed by atoms with Crippen LogP contribution in [0.25, 0.3) is 38.8 Å². The minimum Gasteiger partial charge on any atom is -0.493 e. The van der Waals surface area contributed by atoms with Gasteiger partial charge in [0.15, 0.2) is 28.6 Å². The Hall–Kier alpha value is -4.26. The van der Waals surface area contributed by atoms with Crippen molar-refractivity contribution in [3.8, 4) is 39.9 Å². The lowest BCUT2D eigenvalue weighted by molar-refractivity contribution is 0.288. The highest BCUT2D eigenvalue weighted by Gasteiger charge is 2.22. The highest BCUT2D eigenvalue weighted by molar-refractivity contribution is 6.12. The van der Waals surface area contributed by atoms with E-state index in [2.05, 4.69) is 6.92 Å². The molecule has 3 aromatic carbocycles. The number of rotatable bonds is 9. The molecule has 2 aromatic heterocycles. The molecule has 0 atom stereocenters. The molecule has 0 aliphatic heterocycles. The van der Waals surface area contributed by atoms with Gasteiger partial charge in [-0.1, -0.05) is 25.1 Å². The van der Waals surface area contributed by atoms with Crippen LogP contribution in [0.3, 0.4) is 0 Å². The molecule has 2 heterocycles. The zero-order valence-corrected chi connectivity index (χ0v) is 21.9. The molecular weight excluding hydrogens is 466 g/mol. The van der Waals surface area contributed by atoms with Crippen LogP contribution in [0.4, 0.5) is 0 Å². The van der Waals surface area contributed by atoms with Gasteiger partial charge >= 0.3 is 0 Å². The van der Waals surface area contributed by atoms with Crippen molar-refractivity contribution in [1.29, 1.82) is 0 Å². The number of pyridine rings is 1. The number of hydrogen-bond donors (Lipinski definition) is 0. The fraction of sp³-hybridized carbons (Fsp3) is 0.267. The minimum absolute atomic E-state index is 0.530. The van der Waals surface area contributed by atoms with Gasteiger partial charge in [0.25, 0.3) is 0 Å². The summed E-state index contributed by atoms with van der Waals surface area (Å²) in [4.78, 5) is 5.23. The Labute approximate surface area is 216 Å². The van der Waals surface area contributed by atoms with Crippen molar-refractivity contribution in [1.82, 2.24) is 14.8 Å². The van der Waals surface area contributed by atoms with Gasteiger partial charge in [0.2, 0.25) is 0 Å². The van der Waals surface area contributed by atoms with Gasteiger partial charge in [-0.3, -0.25) is 0 Å². The van der Waals surface area contributed by atoms with Crippen molar-refractivity contribution in [2.24, 2.45) is 0 Å². The van der Waals surface area contributed by atoms with Crippen LogP contribution >= 0.6 is 0 Å². The van der Waals surface area contributed by atoms with Crippen LogP contribution in [0.1, 0.15) is 26.5 Å². The number of nitrogens with zero attached hydrogens (tertiary/aromatic N) is 3. The van der Waals surface area contributed by atoms with E-state index in [9.17, 15) is 0 Å². The third-order valence-electron chi connectivity index (χ3n) is 6.35. The van der Waals surface area contributed by atoms with Crippen molar-refractivity contribution in [3.05, 3.63) is 66.4 Å². The Morgan fingerprint density at radius 2 is 1.41 bits per heavy atom. The van der Waals surface area contributed by atoms with Crippen LogP contribution in [0.2, 0.25) is 0 Å². The highest BCUT2D eigenvalue weighted by atomic mass is 16.5. The topological polar surface area (TPSA) is 67.6 Å². The Kier molecular flexibility index (Phi) is 6.86. The summed E-state index contributed by atoms with van der Waals surface area (Å²) in [5.74, 6) is 2.69. The number of aryl methyl sites for hydroxylation is 1. The summed E-state index contributed by atoms with van der Waals surface area (Å²) in [6.07, 6.45) is 0.762. The quantitative estimate of drug-likeness (QED) is 0.228. The molecule has 7 nitrogen and oxygen atoms in total. The summed E-state index contributed by atoms with van der Waals surface area (Å²) in [6, 6.07) is 20.0. The van der Waals surface area contributed by atoms with Gasteiger partial charge in [-0.15, -0.1) is 0 Å². The summed E-state index contributed by atoms with van der Waals surface area (Å²) >= 11 is 0. The molecule has 0 aliphatic carbocycles. The maximum Gasteiger partial charge on any atom is 0.164 e. The Morgan fingerprint density at radius 3 is 2.05 bits per heavy atom. The summed E-state index contributed by atoms with van der Waals surface area (Å²) in [7, 11) is 3.29. The molecule has 0 spiro atoms. The Morgan fingerprint density at radius 1 is 0.730 bits per heavy atom. The van der Waals surface area contributed by atoms with E-state index in [1.807, 2.05) is 79.2 Å². The molecule has 37 heavy (non-hydrogen) atoms. The normalized spacial score (nSPS) is 11.2.